The van der Waals surface area contributed by atoms with Crippen molar-refractivity contribution >= 4 is 0 Å². The number of ether oxygens (including phenoxy) is 1. The summed E-state index contributed by atoms with van der Waals surface area (Å²) >= 11 is 0. The molecular formula is C11H15NO. The maximum Gasteiger partial charge on any atom is 0.124 e. The van der Waals surface area contributed by atoms with Crippen LogP contribution in [0.15, 0.2) is 18.2 Å². The Bertz CT molecular complexity index is 331. The lowest BCUT2D eigenvalue weighted by Crippen LogP contribution is -2.30. The molecule has 1 aliphatic rings. The molecule has 0 radical (unpaired) electrons. The van der Waals surface area contributed by atoms with Gasteiger partial charge >= 0.3 is 0 Å². The Morgan fingerprint density at radius 3 is 2.92 bits per heavy atom. The molecule has 2 rings (SSSR count). The van der Waals surface area contributed by atoms with E-state index >= 15 is 0 Å². The van der Waals surface area contributed by atoms with E-state index in [2.05, 4.69) is 13.0 Å². The summed E-state index contributed by atoms with van der Waals surface area (Å²) in [5.74, 6) is 0.931. The summed E-state index contributed by atoms with van der Waals surface area (Å²) in [6.45, 7) is 2.07. The number of hydrogen-bond acceptors (Lipinski definition) is 2. The molecule has 1 aromatic rings. The van der Waals surface area contributed by atoms with Gasteiger partial charge in [0.1, 0.15) is 5.75 Å². The highest BCUT2D eigenvalue weighted by Crippen LogP contribution is 2.40. The predicted octanol–water partition coefficient (Wildman–Crippen LogP) is 1.82. The van der Waals surface area contributed by atoms with E-state index < -0.39 is 0 Å². The van der Waals surface area contributed by atoms with Crippen LogP contribution in [0.4, 0.5) is 0 Å². The van der Waals surface area contributed by atoms with Crippen LogP contribution in [0, 0.1) is 0 Å². The van der Waals surface area contributed by atoms with Gasteiger partial charge in [0.25, 0.3) is 0 Å². The number of fused-ring (bicyclic) bond motifs is 1. The molecule has 0 fully saturated rings. The highest BCUT2D eigenvalue weighted by atomic mass is 16.5. The van der Waals surface area contributed by atoms with Crippen molar-refractivity contribution in [3.63, 3.8) is 0 Å². The lowest BCUT2D eigenvalue weighted by Gasteiger charge is -2.21. The zero-order valence-corrected chi connectivity index (χ0v) is 8.13. The molecule has 1 aromatic carbocycles. The Labute approximate surface area is 78.7 Å². The molecule has 2 N–H and O–H groups in total. The van der Waals surface area contributed by atoms with Crippen molar-refractivity contribution in [2.45, 2.75) is 25.3 Å². The molecule has 0 aromatic heterocycles. The van der Waals surface area contributed by atoms with E-state index in [9.17, 15) is 0 Å². The third-order valence-electron chi connectivity index (χ3n) is 2.82. The van der Waals surface area contributed by atoms with E-state index in [1.54, 1.807) is 7.11 Å². The minimum Gasteiger partial charge on any atom is -0.496 e. The highest BCUT2D eigenvalue weighted by molar-refractivity contribution is 5.48. The summed E-state index contributed by atoms with van der Waals surface area (Å²) in [4.78, 5) is 0. The van der Waals surface area contributed by atoms with Crippen LogP contribution in [0.2, 0.25) is 0 Å². The SMILES string of the molecule is COc1cccc2c1C(C)(N)CC2. The molecular weight excluding hydrogens is 162 g/mol. The fraction of sp³-hybridized carbons (Fsp3) is 0.455. The van der Waals surface area contributed by atoms with Crippen molar-refractivity contribution < 1.29 is 4.74 Å². The second-order valence-electron chi connectivity index (χ2n) is 3.91. The number of benzene rings is 1. The van der Waals surface area contributed by atoms with Crippen LogP contribution in [-0.4, -0.2) is 7.11 Å². The van der Waals surface area contributed by atoms with Gasteiger partial charge in [-0.15, -0.1) is 0 Å². The minimum atomic E-state index is -0.206. The van der Waals surface area contributed by atoms with Crippen molar-refractivity contribution in [1.29, 1.82) is 0 Å². The van der Waals surface area contributed by atoms with E-state index in [1.807, 2.05) is 12.1 Å². The molecule has 2 heteroatoms. The van der Waals surface area contributed by atoms with E-state index in [0.29, 0.717) is 0 Å². The molecule has 2 nitrogen and oxygen atoms in total. The van der Waals surface area contributed by atoms with Crippen LogP contribution in [0.3, 0.4) is 0 Å². The van der Waals surface area contributed by atoms with Crippen molar-refractivity contribution in [2.75, 3.05) is 7.11 Å². The summed E-state index contributed by atoms with van der Waals surface area (Å²) in [5.41, 5.74) is 8.51. The lowest BCUT2D eigenvalue weighted by molar-refractivity contribution is 0.390. The van der Waals surface area contributed by atoms with Gasteiger partial charge < -0.3 is 10.5 Å². The molecule has 0 saturated carbocycles. The van der Waals surface area contributed by atoms with E-state index in [-0.39, 0.29) is 5.54 Å². The summed E-state index contributed by atoms with van der Waals surface area (Å²) in [6.07, 6.45) is 2.09. The molecule has 0 heterocycles. The van der Waals surface area contributed by atoms with E-state index in [4.69, 9.17) is 10.5 Å². The van der Waals surface area contributed by atoms with Crippen LogP contribution >= 0.6 is 0 Å². The first-order valence-corrected chi connectivity index (χ1v) is 4.60. The van der Waals surface area contributed by atoms with Crippen LogP contribution < -0.4 is 10.5 Å². The first-order valence-electron chi connectivity index (χ1n) is 4.60. The van der Waals surface area contributed by atoms with Crippen molar-refractivity contribution in [2.24, 2.45) is 5.73 Å². The normalized spacial score (nSPS) is 25.8. The smallest absolute Gasteiger partial charge is 0.124 e. The summed E-state index contributed by atoms with van der Waals surface area (Å²) in [5, 5.41) is 0. The Balaban J connectivity index is 2.60. The standard InChI is InChI=1S/C11H15NO/c1-11(12)7-6-8-4-3-5-9(13-2)10(8)11/h3-5H,6-7,12H2,1-2H3. The Kier molecular flexibility index (Phi) is 1.81. The molecule has 1 aliphatic carbocycles. The average Bonchev–Trinajstić information content (AvgIpc) is 2.43. The Hall–Kier alpha value is -1.02. The Morgan fingerprint density at radius 2 is 2.23 bits per heavy atom. The zero-order valence-electron chi connectivity index (χ0n) is 8.13. The predicted molar refractivity (Wildman–Crippen MR) is 52.9 cm³/mol. The first kappa shape index (κ1) is 8.57. The summed E-state index contributed by atoms with van der Waals surface area (Å²) in [6, 6.07) is 6.14. The van der Waals surface area contributed by atoms with E-state index in [1.165, 1.54) is 11.1 Å². The van der Waals surface area contributed by atoms with Gasteiger partial charge in [0.05, 0.1) is 7.11 Å². The molecule has 70 valence electrons. The molecule has 0 saturated heterocycles. The summed E-state index contributed by atoms with van der Waals surface area (Å²) < 4.78 is 5.31. The maximum atomic E-state index is 6.19. The molecule has 0 spiro atoms. The lowest BCUT2D eigenvalue weighted by atomic mass is 9.95. The van der Waals surface area contributed by atoms with Gasteiger partial charge in [-0.25, -0.2) is 0 Å². The van der Waals surface area contributed by atoms with Gasteiger partial charge in [-0.05, 0) is 31.4 Å². The number of aryl methyl sites for hydroxylation is 1. The molecule has 0 bridgehead atoms. The van der Waals surface area contributed by atoms with Crippen molar-refractivity contribution in [3.8, 4) is 5.75 Å². The van der Waals surface area contributed by atoms with Gasteiger partial charge in [0.2, 0.25) is 0 Å². The second kappa shape index (κ2) is 2.74. The fourth-order valence-electron chi connectivity index (χ4n) is 2.12. The quantitative estimate of drug-likeness (QED) is 0.710. The molecule has 13 heavy (non-hydrogen) atoms. The van der Waals surface area contributed by atoms with Crippen molar-refractivity contribution in [3.05, 3.63) is 29.3 Å². The average molecular weight is 177 g/mol. The molecule has 1 unspecified atom stereocenters. The van der Waals surface area contributed by atoms with Gasteiger partial charge in [-0.1, -0.05) is 12.1 Å². The number of nitrogens with two attached hydrogens (primary N) is 1. The molecule has 1 atom stereocenters. The van der Waals surface area contributed by atoms with Crippen molar-refractivity contribution in [1.82, 2.24) is 0 Å². The topological polar surface area (TPSA) is 35.2 Å². The molecule has 0 aliphatic heterocycles. The zero-order chi connectivity index (χ0) is 9.47. The van der Waals surface area contributed by atoms with Crippen LogP contribution in [0.25, 0.3) is 0 Å². The number of hydrogen-bond donors (Lipinski definition) is 1. The third-order valence-corrected chi connectivity index (χ3v) is 2.82. The largest absolute Gasteiger partial charge is 0.496 e. The molecule has 0 amide bonds. The Morgan fingerprint density at radius 1 is 1.46 bits per heavy atom. The van der Waals surface area contributed by atoms with Gasteiger partial charge in [-0.3, -0.25) is 0 Å². The minimum absolute atomic E-state index is 0.206. The third kappa shape index (κ3) is 1.22. The second-order valence-corrected chi connectivity index (χ2v) is 3.91. The van der Waals surface area contributed by atoms with Crippen LogP contribution in [-0.2, 0) is 12.0 Å². The van der Waals surface area contributed by atoms with Gasteiger partial charge in [0.15, 0.2) is 0 Å². The monoisotopic (exact) mass is 177 g/mol. The number of methoxy groups -OCH3 is 1. The van der Waals surface area contributed by atoms with Crippen LogP contribution in [0.1, 0.15) is 24.5 Å². The summed E-state index contributed by atoms with van der Waals surface area (Å²) in [7, 11) is 1.70. The van der Waals surface area contributed by atoms with E-state index in [0.717, 1.165) is 18.6 Å². The number of rotatable bonds is 1. The van der Waals surface area contributed by atoms with Gasteiger partial charge in [0, 0.05) is 11.1 Å². The maximum absolute atomic E-state index is 6.19. The van der Waals surface area contributed by atoms with Gasteiger partial charge in [-0.2, -0.15) is 0 Å². The first-order chi connectivity index (χ1) is 6.15. The fourth-order valence-corrected chi connectivity index (χ4v) is 2.12. The van der Waals surface area contributed by atoms with Crippen LogP contribution in [0.5, 0.6) is 5.75 Å². The highest BCUT2D eigenvalue weighted by Gasteiger charge is 2.33.